The van der Waals surface area contributed by atoms with E-state index in [2.05, 4.69) is 24.5 Å². The van der Waals surface area contributed by atoms with E-state index in [4.69, 9.17) is 0 Å². The molecule has 0 aromatic rings. The van der Waals surface area contributed by atoms with Crippen molar-refractivity contribution < 1.29 is 0 Å². The van der Waals surface area contributed by atoms with E-state index < -0.39 is 0 Å². The molecule has 1 aliphatic rings. The lowest BCUT2D eigenvalue weighted by atomic mass is 9.98. The van der Waals surface area contributed by atoms with E-state index in [0.29, 0.717) is 0 Å². The predicted molar refractivity (Wildman–Crippen MR) is 67.2 cm³/mol. The molecule has 1 rings (SSSR count). The second-order valence-electron chi connectivity index (χ2n) is 4.48. The average Bonchev–Trinajstić information content (AvgIpc) is 2.43. The Labute approximate surface area is 94.7 Å². The lowest BCUT2D eigenvalue weighted by Gasteiger charge is -2.19. The van der Waals surface area contributed by atoms with E-state index in [1.807, 2.05) is 0 Å². The molecule has 1 saturated heterocycles. The van der Waals surface area contributed by atoms with Gasteiger partial charge in [-0.05, 0) is 63.4 Å². The zero-order valence-corrected chi connectivity index (χ0v) is 10.4. The fourth-order valence-corrected chi connectivity index (χ4v) is 2.53. The molecule has 0 spiro atoms. The van der Waals surface area contributed by atoms with E-state index in [0.717, 1.165) is 11.7 Å². The Hall–Kier alpha value is 0.310. The van der Waals surface area contributed by atoms with Crippen LogP contribution in [0.15, 0.2) is 0 Å². The van der Waals surface area contributed by atoms with Gasteiger partial charge in [0.25, 0.3) is 0 Å². The van der Waals surface area contributed by atoms with Crippen molar-refractivity contribution in [2.75, 3.05) is 25.4 Å². The van der Waals surface area contributed by atoms with Gasteiger partial charge in [0, 0.05) is 0 Å². The van der Waals surface area contributed by atoms with E-state index >= 15 is 0 Å². The van der Waals surface area contributed by atoms with Gasteiger partial charge in [-0.25, -0.2) is 0 Å². The molecule has 0 aliphatic carbocycles. The summed E-state index contributed by atoms with van der Waals surface area (Å²) in [6, 6.07) is 0. The molecule has 14 heavy (non-hydrogen) atoms. The van der Waals surface area contributed by atoms with Crippen molar-refractivity contribution in [3.63, 3.8) is 0 Å². The Morgan fingerprint density at radius 2 is 2.07 bits per heavy atom. The van der Waals surface area contributed by atoms with Gasteiger partial charge in [-0.1, -0.05) is 13.3 Å². The van der Waals surface area contributed by atoms with Gasteiger partial charge in [-0.2, -0.15) is 12.6 Å². The third-order valence-corrected chi connectivity index (χ3v) is 3.72. The van der Waals surface area contributed by atoms with Gasteiger partial charge in [0.15, 0.2) is 0 Å². The van der Waals surface area contributed by atoms with Crippen molar-refractivity contribution in [1.82, 2.24) is 4.90 Å². The van der Waals surface area contributed by atoms with Crippen LogP contribution in [-0.2, 0) is 0 Å². The van der Waals surface area contributed by atoms with Crippen LogP contribution in [0.1, 0.15) is 45.4 Å². The third-order valence-electron chi connectivity index (χ3n) is 3.40. The van der Waals surface area contributed by atoms with Crippen LogP contribution < -0.4 is 0 Å². The molecule has 0 radical (unpaired) electrons. The summed E-state index contributed by atoms with van der Waals surface area (Å²) in [5.41, 5.74) is 0. The number of unbranched alkanes of at least 4 members (excludes halogenated alkanes) is 1. The highest BCUT2D eigenvalue weighted by atomic mass is 32.1. The summed E-state index contributed by atoms with van der Waals surface area (Å²) in [4.78, 5) is 2.65. The minimum Gasteiger partial charge on any atom is -0.303 e. The number of nitrogens with zero attached hydrogens (tertiary/aromatic N) is 1. The Kier molecular flexibility index (Phi) is 6.70. The molecule has 0 saturated carbocycles. The zero-order chi connectivity index (χ0) is 10.2. The second kappa shape index (κ2) is 7.58. The summed E-state index contributed by atoms with van der Waals surface area (Å²) in [5.74, 6) is 2.05. The second-order valence-corrected chi connectivity index (χ2v) is 4.92. The molecule has 84 valence electrons. The smallest absolute Gasteiger partial charge is 0.00161 e. The topological polar surface area (TPSA) is 3.24 Å². The van der Waals surface area contributed by atoms with Crippen LogP contribution in [0, 0.1) is 5.92 Å². The number of hydrogen-bond donors (Lipinski definition) is 1. The van der Waals surface area contributed by atoms with Gasteiger partial charge >= 0.3 is 0 Å². The molecule has 2 heteroatoms. The van der Waals surface area contributed by atoms with Gasteiger partial charge in [-0.15, -0.1) is 0 Å². The molecule has 1 atom stereocenters. The highest BCUT2D eigenvalue weighted by Crippen LogP contribution is 2.20. The van der Waals surface area contributed by atoms with Gasteiger partial charge in [-0.3, -0.25) is 0 Å². The summed E-state index contributed by atoms with van der Waals surface area (Å²) < 4.78 is 0. The molecular formula is C12H25NS. The van der Waals surface area contributed by atoms with Crippen molar-refractivity contribution in [1.29, 1.82) is 0 Å². The summed E-state index contributed by atoms with van der Waals surface area (Å²) in [6.45, 7) is 6.31. The largest absolute Gasteiger partial charge is 0.303 e. The van der Waals surface area contributed by atoms with Crippen molar-refractivity contribution in [3.8, 4) is 0 Å². The van der Waals surface area contributed by atoms with Crippen LogP contribution >= 0.6 is 12.6 Å². The lowest BCUT2D eigenvalue weighted by Crippen LogP contribution is -2.26. The number of rotatable bonds is 5. The minimum atomic E-state index is 1.00. The summed E-state index contributed by atoms with van der Waals surface area (Å²) >= 11 is 4.25. The third kappa shape index (κ3) is 4.70. The zero-order valence-electron chi connectivity index (χ0n) is 9.54. The first-order valence-electron chi connectivity index (χ1n) is 6.20. The fraction of sp³-hybridized carbons (Fsp3) is 1.00. The first-order valence-corrected chi connectivity index (χ1v) is 6.83. The van der Waals surface area contributed by atoms with Crippen LogP contribution in [0.25, 0.3) is 0 Å². The predicted octanol–water partition coefficient (Wildman–Crippen LogP) is 3.21. The highest BCUT2D eigenvalue weighted by Gasteiger charge is 2.14. The first kappa shape index (κ1) is 12.4. The van der Waals surface area contributed by atoms with Crippen molar-refractivity contribution in [3.05, 3.63) is 0 Å². The van der Waals surface area contributed by atoms with E-state index in [-0.39, 0.29) is 0 Å². The maximum atomic E-state index is 4.25. The Morgan fingerprint density at radius 3 is 2.79 bits per heavy atom. The van der Waals surface area contributed by atoms with Crippen LogP contribution in [0.5, 0.6) is 0 Å². The maximum absolute atomic E-state index is 4.25. The van der Waals surface area contributed by atoms with Crippen molar-refractivity contribution in [2.45, 2.75) is 45.4 Å². The van der Waals surface area contributed by atoms with E-state index in [1.54, 1.807) is 0 Å². The molecule has 0 aromatic heterocycles. The van der Waals surface area contributed by atoms with Crippen LogP contribution in [0.2, 0.25) is 0 Å². The monoisotopic (exact) mass is 215 g/mol. The lowest BCUT2D eigenvalue weighted by molar-refractivity contribution is 0.276. The summed E-state index contributed by atoms with van der Waals surface area (Å²) in [5, 5.41) is 0. The standard InChI is InChI=1S/C12H25NS/c1-2-12-6-5-9-13(10-7-12)8-3-4-11-14/h12,14H,2-11H2,1H3. The van der Waals surface area contributed by atoms with Gasteiger partial charge in [0.1, 0.15) is 0 Å². The van der Waals surface area contributed by atoms with Crippen LogP contribution in [0.3, 0.4) is 0 Å². The molecular weight excluding hydrogens is 190 g/mol. The van der Waals surface area contributed by atoms with E-state index in [9.17, 15) is 0 Å². The average molecular weight is 215 g/mol. The molecule has 1 unspecified atom stereocenters. The van der Waals surface area contributed by atoms with Crippen LogP contribution in [-0.4, -0.2) is 30.3 Å². The Balaban J connectivity index is 2.14. The van der Waals surface area contributed by atoms with Crippen molar-refractivity contribution >= 4 is 12.6 Å². The quantitative estimate of drug-likeness (QED) is 0.544. The Morgan fingerprint density at radius 1 is 1.21 bits per heavy atom. The molecule has 0 aromatic carbocycles. The number of hydrogen-bond acceptors (Lipinski definition) is 2. The molecule has 0 amide bonds. The van der Waals surface area contributed by atoms with E-state index in [1.165, 1.54) is 58.2 Å². The molecule has 0 bridgehead atoms. The van der Waals surface area contributed by atoms with Crippen molar-refractivity contribution in [2.24, 2.45) is 5.92 Å². The SMILES string of the molecule is CCC1CCCN(CCCCS)CC1. The molecule has 1 fully saturated rings. The minimum absolute atomic E-state index is 1.00. The van der Waals surface area contributed by atoms with Crippen LogP contribution in [0.4, 0.5) is 0 Å². The normalized spacial score (nSPS) is 24.9. The molecule has 1 aliphatic heterocycles. The van der Waals surface area contributed by atoms with Gasteiger partial charge < -0.3 is 4.90 Å². The summed E-state index contributed by atoms with van der Waals surface area (Å²) in [7, 11) is 0. The molecule has 1 heterocycles. The fourth-order valence-electron chi connectivity index (χ4n) is 2.30. The first-order chi connectivity index (χ1) is 6.86. The molecule has 0 N–H and O–H groups in total. The number of thiol groups is 1. The number of likely N-dealkylation sites (tertiary alicyclic amines) is 1. The molecule has 1 nitrogen and oxygen atoms in total. The summed E-state index contributed by atoms with van der Waals surface area (Å²) in [6.07, 6.45) is 8.29. The highest BCUT2D eigenvalue weighted by molar-refractivity contribution is 7.80. The van der Waals surface area contributed by atoms with Gasteiger partial charge in [0.05, 0.1) is 0 Å². The van der Waals surface area contributed by atoms with Gasteiger partial charge in [0.2, 0.25) is 0 Å². The maximum Gasteiger partial charge on any atom is -0.00161 e. The Bertz CT molecular complexity index is 138.